The lowest BCUT2D eigenvalue weighted by atomic mass is 10.1. The highest BCUT2D eigenvalue weighted by molar-refractivity contribution is 6.18. The van der Waals surface area contributed by atoms with E-state index in [1.54, 1.807) is 0 Å². The first-order valence-electron chi connectivity index (χ1n) is 6.02. The van der Waals surface area contributed by atoms with Crippen molar-refractivity contribution in [2.24, 2.45) is 5.41 Å². The average Bonchev–Trinajstić information content (AvgIpc) is 3.07. The Kier molecular flexibility index (Phi) is 3.72. The fourth-order valence-electron chi connectivity index (χ4n) is 1.89. The Morgan fingerprint density at radius 1 is 1.47 bits per heavy atom. The van der Waals surface area contributed by atoms with E-state index in [0.717, 1.165) is 24.9 Å². The van der Waals surface area contributed by atoms with Gasteiger partial charge in [-0.1, -0.05) is 29.8 Å². The third-order valence-corrected chi connectivity index (χ3v) is 3.92. The second-order valence-corrected chi connectivity index (χ2v) is 5.34. The van der Waals surface area contributed by atoms with Crippen LogP contribution in [0.15, 0.2) is 24.3 Å². The van der Waals surface area contributed by atoms with Gasteiger partial charge in [-0.05, 0) is 25.3 Å². The highest BCUT2D eigenvalue weighted by Gasteiger charge is 2.41. The lowest BCUT2D eigenvalue weighted by molar-refractivity contribution is -0.120. The SMILES string of the molecule is Cc1cccc(CC(=O)NCC2(CCl)CC2)c1. The molecular formula is C14H18ClNO. The number of amides is 1. The molecule has 0 radical (unpaired) electrons. The number of hydrogen-bond donors (Lipinski definition) is 1. The number of halogens is 1. The van der Waals surface area contributed by atoms with Gasteiger partial charge in [-0.25, -0.2) is 0 Å². The summed E-state index contributed by atoms with van der Waals surface area (Å²) in [6, 6.07) is 8.06. The molecule has 1 aromatic carbocycles. The van der Waals surface area contributed by atoms with Crippen LogP contribution in [-0.4, -0.2) is 18.3 Å². The number of alkyl halides is 1. The van der Waals surface area contributed by atoms with Crippen molar-refractivity contribution < 1.29 is 4.79 Å². The van der Waals surface area contributed by atoms with Crippen LogP contribution < -0.4 is 5.32 Å². The molecule has 0 unspecified atom stereocenters. The van der Waals surface area contributed by atoms with Gasteiger partial charge in [0, 0.05) is 17.8 Å². The molecule has 92 valence electrons. The number of benzene rings is 1. The molecule has 3 heteroatoms. The quantitative estimate of drug-likeness (QED) is 0.801. The van der Waals surface area contributed by atoms with Crippen molar-refractivity contribution in [1.82, 2.24) is 5.32 Å². The molecule has 1 fully saturated rings. The van der Waals surface area contributed by atoms with E-state index in [4.69, 9.17) is 11.6 Å². The first-order valence-corrected chi connectivity index (χ1v) is 6.55. The van der Waals surface area contributed by atoms with Crippen LogP contribution in [0.5, 0.6) is 0 Å². The third-order valence-electron chi connectivity index (χ3n) is 3.35. The van der Waals surface area contributed by atoms with Crippen LogP contribution in [0, 0.1) is 12.3 Å². The minimum atomic E-state index is 0.0898. The molecular weight excluding hydrogens is 234 g/mol. The second kappa shape index (κ2) is 5.09. The molecule has 1 N–H and O–H groups in total. The molecule has 2 rings (SSSR count). The van der Waals surface area contributed by atoms with Gasteiger partial charge in [-0.15, -0.1) is 11.6 Å². The van der Waals surface area contributed by atoms with Crippen LogP contribution in [0.25, 0.3) is 0 Å². The van der Waals surface area contributed by atoms with Crippen LogP contribution in [0.1, 0.15) is 24.0 Å². The highest BCUT2D eigenvalue weighted by atomic mass is 35.5. The van der Waals surface area contributed by atoms with Crippen LogP contribution in [-0.2, 0) is 11.2 Å². The van der Waals surface area contributed by atoms with Crippen LogP contribution in [0.3, 0.4) is 0 Å². The first kappa shape index (κ1) is 12.4. The molecule has 0 aliphatic heterocycles. The van der Waals surface area contributed by atoms with Gasteiger partial charge in [0.25, 0.3) is 0 Å². The van der Waals surface area contributed by atoms with E-state index >= 15 is 0 Å². The number of carbonyl (C=O) groups excluding carboxylic acids is 1. The molecule has 1 aliphatic carbocycles. The Balaban J connectivity index is 1.81. The summed E-state index contributed by atoms with van der Waals surface area (Å²) in [5.41, 5.74) is 2.46. The van der Waals surface area contributed by atoms with Gasteiger partial charge in [0.15, 0.2) is 0 Å². The fourth-order valence-corrected chi connectivity index (χ4v) is 2.25. The van der Waals surface area contributed by atoms with E-state index in [1.165, 1.54) is 5.56 Å². The molecule has 0 atom stereocenters. The van der Waals surface area contributed by atoms with Gasteiger partial charge in [0.05, 0.1) is 6.42 Å². The summed E-state index contributed by atoms with van der Waals surface area (Å²) < 4.78 is 0. The largest absolute Gasteiger partial charge is 0.355 e. The van der Waals surface area contributed by atoms with Gasteiger partial charge >= 0.3 is 0 Å². The van der Waals surface area contributed by atoms with Gasteiger partial charge in [0.1, 0.15) is 0 Å². The molecule has 0 spiro atoms. The number of carbonyl (C=O) groups is 1. The molecule has 0 aromatic heterocycles. The molecule has 0 heterocycles. The molecule has 0 bridgehead atoms. The van der Waals surface area contributed by atoms with Crippen LogP contribution >= 0.6 is 11.6 Å². The summed E-state index contributed by atoms with van der Waals surface area (Å²) in [5.74, 6) is 0.740. The van der Waals surface area contributed by atoms with E-state index in [2.05, 4.69) is 5.32 Å². The zero-order chi connectivity index (χ0) is 12.3. The van der Waals surface area contributed by atoms with Gasteiger partial charge in [-0.2, -0.15) is 0 Å². The predicted octanol–water partition coefficient (Wildman–Crippen LogP) is 2.67. The van der Waals surface area contributed by atoms with Crippen molar-refractivity contribution in [1.29, 1.82) is 0 Å². The van der Waals surface area contributed by atoms with E-state index in [0.29, 0.717) is 12.3 Å². The molecule has 1 amide bonds. The second-order valence-electron chi connectivity index (χ2n) is 5.08. The fraction of sp³-hybridized carbons (Fsp3) is 0.500. The third kappa shape index (κ3) is 3.47. The Morgan fingerprint density at radius 3 is 2.82 bits per heavy atom. The molecule has 2 nitrogen and oxygen atoms in total. The van der Waals surface area contributed by atoms with Crippen molar-refractivity contribution in [2.45, 2.75) is 26.2 Å². The summed E-state index contributed by atoms with van der Waals surface area (Å²) in [6.07, 6.45) is 2.74. The molecule has 1 saturated carbocycles. The van der Waals surface area contributed by atoms with E-state index < -0.39 is 0 Å². The number of aryl methyl sites for hydroxylation is 1. The minimum Gasteiger partial charge on any atom is -0.355 e. The predicted molar refractivity (Wildman–Crippen MR) is 70.3 cm³/mol. The van der Waals surface area contributed by atoms with Crippen molar-refractivity contribution in [3.8, 4) is 0 Å². The number of nitrogens with one attached hydrogen (secondary N) is 1. The van der Waals surface area contributed by atoms with Crippen molar-refractivity contribution >= 4 is 17.5 Å². The molecule has 17 heavy (non-hydrogen) atoms. The Morgan fingerprint density at radius 2 is 2.24 bits per heavy atom. The van der Waals surface area contributed by atoms with Gasteiger partial charge in [0.2, 0.25) is 5.91 Å². The molecule has 0 saturated heterocycles. The summed E-state index contributed by atoms with van der Waals surface area (Å²) in [6.45, 7) is 2.76. The van der Waals surface area contributed by atoms with E-state index in [9.17, 15) is 4.79 Å². The monoisotopic (exact) mass is 251 g/mol. The standard InChI is InChI=1S/C14H18ClNO/c1-11-3-2-4-12(7-11)8-13(17)16-10-14(9-15)5-6-14/h2-4,7H,5-6,8-10H2,1H3,(H,16,17). The maximum absolute atomic E-state index is 11.8. The zero-order valence-corrected chi connectivity index (χ0v) is 10.9. The summed E-state index contributed by atoms with van der Waals surface area (Å²) in [4.78, 5) is 11.8. The number of hydrogen-bond acceptors (Lipinski definition) is 1. The topological polar surface area (TPSA) is 29.1 Å². The molecule has 1 aliphatic rings. The van der Waals surface area contributed by atoms with Crippen molar-refractivity contribution in [2.75, 3.05) is 12.4 Å². The Hall–Kier alpha value is -1.02. The van der Waals surface area contributed by atoms with Gasteiger partial charge in [-0.3, -0.25) is 4.79 Å². The zero-order valence-electron chi connectivity index (χ0n) is 10.1. The van der Waals surface area contributed by atoms with Crippen molar-refractivity contribution in [3.05, 3.63) is 35.4 Å². The van der Waals surface area contributed by atoms with E-state index in [1.807, 2.05) is 31.2 Å². The van der Waals surface area contributed by atoms with Crippen LogP contribution in [0.2, 0.25) is 0 Å². The minimum absolute atomic E-state index is 0.0898. The van der Waals surface area contributed by atoms with Crippen molar-refractivity contribution in [3.63, 3.8) is 0 Å². The van der Waals surface area contributed by atoms with Crippen LogP contribution in [0.4, 0.5) is 0 Å². The lowest BCUT2D eigenvalue weighted by Gasteiger charge is -2.12. The summed E-state index contributed by atoms with van der Waals surface area (Å²) in [7, 11) is 0. The molecule has 1 aromatic rings. The number of rotatable bonds is 5. The average molecular weight is 252 g/mol. The normalized spacial score (nSPS) is 16.6. The lowest BCUT2D eigenvalue weighted by Crippen LogP contribution is -2.32. The Labute approximate surface area is 107 Å². The summed E-state index contributed by atoms with van der Waals surface area (Å²) >= 11 is 5.87. The highest BCUT2D eigenvalue weighted by Crippen LogP contribution is 2.45. The summed E-state index contributed by atoms with van der Waals surface area (Å²) in [5, 5.41) is 2.98. The maximum atomic E-state index is 11.8. The maximum Gasteiger partial charge on any atom is 0.224 e. The smallest absolute Gasteiger partial charge is 0.224 e. The van der Waals surface area contributed by atoms with Gasteiger partial charge < -0.3 is 5.32 Å². The first-order chi connectivity index (χ1) is 8.13. The Bertz CT molecular complexity index is 412. The van der Waals surface area contributed by atoms with E-state index in [-0.39, 0.29) is 11.3 Å².